The number of hydrogen-bond acceptors (Lipinski definition) is 3. The maximum absolute atomic E-state index is 11.8. The van der Waals surface area contributed by atoms with Gasteiger partial charge in [-0.15, -0.1) is 0 Å². The molecular weight excluding hydrogens is 278 g/mol. The van der Waals surface area contributed by atoms with Crippen LogP contribution in [0.2, 0.25) is 5.02 Å². The Balaban J connectivity index is 1.85. The van der Waals surface area contributed by atoms with Crippen molar-refractivity contribution in [3.63, 3.8) is 0 Å². The fourth-order valence-electron chi connectivity index (χ4n) is 1.54. The second-order valence-corrected chi connectivity index (χ2v) is 4.48. The summed E-state index contributed by atoms with van der Waals surface area (Å²) in [5.41, 5.74) is 3.28. The number of amides is 1. The largest absolute Gasteiger partial charge is 0.315 e. The van der Waals surface area contributed by atoms with Crippen LogP contribution in [0.3, 0.4) is 0 Å². The van der Waals surface area contributed by atoms with Crippen molar-refractivity contribution in [2.45, 2.75) is 6.61 Å². The van der Waals surface area contributed by atoms with E-state index in [4.69, 9.17) is 16.4 Å². The average Bonchev–Trinajstić information content (AvgIpc) is 2.48. The molecule has 102 valence electrons. The summed E-state index contributed by atoms with van der Waals surface area (Å²) < 4.78 is 0. The SMILES string of the molecule is O=C(NOCc1ccccc1)C(=O)c1ccc(Cl)cc1. The first kappa shape index (κ1) is 14.2. The van der Waals surface area contributed by atoms with E-state index >= 15 is 0 Å². The standard InChI is InChI=1S/C15H12ClNO3/c16-13-8-6-12(7-9-13)14(18)15(19)17-20-10-11-4-2-1-3-5-11/h1-9H,10H2,(H,17,19). The van der Waals surface area contributed by atoms with Gasteiger partial charge in [-0.2, -0.15) is 0 Å². The number of nitrogens with one attached hydrogen (secondary N) is 1. The van der Waals surface area contributed by atoms with E-state index in [2.05, 4.69) is 5.48 Å². The van der Waals surface area contributed by atoms with Crippen molar-refractivity contribution >= 4 is 23.3 Å². The molecule has 4 nitrogen and oxygen atoms in total. The number of carbonyl (C=O) groups is 2. The second kappa shape index (κ2) is 6.84. The van der Waals surface area contributed by atoms with Gasteiger partial charge in [-0.05, 0) is 29.8 Å². The molecule has 0 saturated heterocycles. The van der Waals surface area contributed by atoms with Crippen LogP contribution in [0.5, 0.6) is 0 Å². The molecule has 0 bridgehead atoms. The van der Waals surface area contributed by atoms with E-state index in [1.807, 2.05) is 30.3 Å². The smallest absolute Gasteiger partial charge is 0.283 e. The zero-order chi connectivity index (χ0) is 14.4. The summed E-state index contributed by atoms with van der Waals surface area (Å²) in [6, 6.07) is 15.4. The summed E-state index contributed by atoms with van der Waals surface area (Å²) in [6.07, 6.45) is 0. The summed E-state index contributed by atoms with van der Waals surface area (Å²) in [7, 11) is 0. The normalized spacial score (nSPS) is 10.1. The van der Waals surface area contributed by atoms with Crippen molar-refractivity contribution in [2.24, 2.45) is 0 Å². The number of halogens is 1. The third-order valence-electron chi connectivity index (χ3n) is 2.56. The maximum atomic E-state index is 11.8. The first-order valence-electron chi connectivity index (χ1n) is 5.93. The molecule has 20 heavy (non-hydrogen) atoms. The van der Waals surface area contributed by atoms with Gasteiger partial charge in [-0.25, -0.2) is 5.48 Å². The van der Waals surface area contributed by atoms with Gasteiger partial charge in [0.15, 0.2) is 0 Å². The predicted octanol–water partition coefficient (Wildman–Crippen LogP) is 2.77. The summed E-state index contributed by atoms with van der Waals surface area (Å²) in [5, 5.41) is 0.502. The van der Waals surface area contributed by atoms with Crippen LogP contribution in [0.15, 0.2) is 54.6 Å². The molecule has 2 rings (SSSR count). The van der Waals surface area contributed by atoms with Gasteiger partial charge in [-0.1, -0.05) is 41.9 Å². The number of hydrogen-bond donors (Lipinski definition) is 1. The van der Waals surface area contributed by atoms with Gasteiger partial charge in [0.25, 0.3) is 5.78 Å². The van der Waals surface area contributed by atoms with Crippen molar-refractivity contribution in [2.75, 3.05) is 0 Å². The van der Waals surface area contributed by atoms with Crippen LogP contribution in [0.4, 0.5) is 0 Å². The van der Waals surface area contributed by atoms with Crippen LogP contribution in [-0.2, 0) is 16.2 Å². The number of rotatable bonds is 5. The van der Waals surface area contributed by atoms with Crippen LogP contribution in [0.1, 0.15) is 15.9 Å². The fourth-order valence-corrected chi connectivity index (χ4v) is 1.66. The van der Waals surface area contributed by atoms with Gasteiger partial charge in [-0.3, -0.25) is 14.4 Å². The van der Waals surface area contributed by atoms with E-state index in [9.17, 15) is 9.59 Å². The highest BCUT2D eigenvalue weighted by atomic mass is 35.5. The van der Waals surface area contributed by atoms with Crippen LogP contribution in [0.25, 0.3) is 0 Å². The van der Waals surface area contributed by atoms with Crippen LogP contribution < -0.4 is 5.48 Å². The minimum atomic E-state index is -0.816. The minimum Gasteiger partial charge on any atom is -0.283 e. The van der Waals surface area contributed by atoms with E-state index in [1.165, 1.54) is 12.1 Å². The van der Waals surface area contributed by atoms with Crippen molar-refractivity contribution in [1.29, 1.82) is 0 Å². The zero-order valence-electron chi connectivity index (χ0n) is 10.5. The van der Waals surface area contributed by atoms with E-state index in [0.29, 0.717) is 5.02 Å². The highest BCUT2D eigenvalue weighted by Gasteiger charge is 2.15. The summed E-state index contributed by atoms with van der Waals surface area (Å²) >= 11 is 5.71. The maximum Gasteiger partial charge on any atom is 0.315 e. The molecule has 0 atom stereocenters. The first-order chi connectivity index (χ1) is 9.66. The monoisotopic (exact) mass is 289 g/mol. The number of hydroxylamine groups is 1. The molecule has 0 aromatic heterocycles. The lowest BCUT2D eigenvalue weighted by Crippen LogP contribution is -2.31. The van der Waals surface area contributed by atoms with Gasteiger partial charge in [0.1, 0.15) is 0 Å². The Morgan fingerprint density at radius 2 is 1.65 bits per heavy atom. The Bertz CT molecular complexity index is 596. The van der Waals surface area contributed by atoms with Crippen molar-refractivity contribution in [3.05, 3.63) is 70.7 Å². The fraction of sp³-hybridized carbons (Fsp3) is 0.0667. The Hall–Kier alpha value is -2.17. The molecule has 0 saturated carbocycles. The Kier molecular flexibility index (Phi) is 4.87. The minimum absolute atomic E-state index is 0.195. The highest BCUT2D eigenvalue weighted by Crippen LogP contribution is 2.10. The third kappa shape index (κ3) is 3.91. The first-order valence-corrected chi connectivity index (χ1v) is 6.30. The highest BCUT2D eigenvalue weighted by molar-refractivity contribution is 6.42. The lowest BCUT2D eigenvalue weighted by atomic mass is 10.1. The van der Waals surface area contributed by atoms with Gasteiger partial charge in [0, 0.05) is 10.6 Å². The molecule has 1 N–H and O–H groups in total. The molecular formula is C15H12ClNO3. The molecule has 2 aromatic carbocycles. The van der Waals surface area contributed by atoms with Crippen LogP contribution >= 0.6 is 11.6 Å². The molecule has 0 unspecified atom stereocenters. The second-order valence-electron chi connectivity index (χ2n) is 4.04. The number of carbonyl (C=O) groups excluding carboxylic acids is 2. The van der Waals surface area contributed by atoms with E-state index < -0.39 is 11.7 Å². The molecule has 0 radical (unpaired) electrons. The van der Waals surface area contributed by atoms with Crippen molar-refractivity contribution < 1.29 is 14.4 Å². The number of Topliss-reactive ketones (excluding diaryl/α,β-unsaturated/α-hetero) is 1. The van der Waals surface area contributed by atoms with E-state index in [0.717, 1.165) is 5.56 Å². The molecule has 2 aromatic rings. The number of benzene rings is 2. The van der Waals surface area contributed by atoms with Crippen molar-refractivity contribution in [3.8, 4) is 0 Å². The summed E-state index contributed by atoms with van der Waals surface area (Å²) in [4.78, 5) is 28.4. The molecule has 0 spiro atoms. The van der Waals surface area contributed by atoms with E-state index in [1.54, 1.807) is 12.1 Å². The molecule has 5 heteroatoms. The van der Waals surface area contributed by atoms with Gasteiger partial charge in [0.05, 0.1) is 6.61 Å². The quantitative estimate of drug-likeness (QED) is 0.523. The summed E-state index contributed by atoms with van der Waals surface area (Å²) in [5.74, 6) is -1.49. The third-order valence-corrected chi connectivity index (χ3v) is 2.81. The number of ketones is 1. The molecule has 0 aliphatic heterocycles. The van der Waals surface area contributed by atoms with E-state index in [-0.39, 0.29) is 12.2 Å². The zero-order valence-corrected chi connectivity index (χ0v) is 11.3. The van der Waals surface area contributed by atoms with Crippen molar-refractivity contribution in [1.82, 2.24) is 5.48 Å². The topological polar surface area (TPSA) is 55.4 Å². The molecule has 0 fully saturated rings. The van der Waals surface area contributed by atoms with Gasteiger partial charge < -0.3 is 0 Å². The molecule has 0 aliphatic rings. The average molecular weight is 290 g/mol. The molecule has 0 aliphatic carbocycles. The Morgan fingerprint density at radius 3 is 2.30 bits per heavy atom. The Labute approximate surface area is 121 Å². The van der Waals surface area contributed by atoms with Crippen LogP contribution in [0, 0.1) is 0 Å². The lowest BCUT2D eigenvalue weighted by Gasteiger charge is -2.05. The lowest BCUT2D eigenvalue weighted by molar-refractivity contribution is -0.129. The van der Waals surface area contributed by atoms with Crippen LogP contribution in [-0.4, -0.2) is 11.7 Å². The summed E-state index contributed by atoms with van der Waals surface area (Å²) in [6.45, 7) is 0.195. The van der Waals surface area contributed by atoms with Gasteiger partial charge >= 0.3 is 5.91 Å². The van der Waals surface area contributed by atoms with Gasteiger partial charge in [0.2, 0.25) is 0 Å². The molecule has 1 amide bonds. The molecule has 0 heterocycles. The Morgan fingerprint density at radius 1 is 1.00 bits per heavy atom. The predicted molar refractivity (Wildman–Crippen MR) is 75.2 cm³/mol.